The van der Waals surface area contributed by atoms with E-state index in [-0.39, 0.29) is 16.5 Å². The number of rotatable bonds is 8. The van der Waals surface area contributed by atoms with E-state index in [1.807, 2.05) is 20.8 Å². The molecule has 0 atom stereocenters. The molecule has 0 heterocycles. The van der Waals surface area contributed by atoms with Crippen molar-refractivity contribution in [3.8, 4) is 0 Å². The van der Waals surface area contributed by atoms with Crippen LogP contribution in [0.2, 0.25) is 0 Å². The van der Waals surface area contributed by atoms with Gasteiger partial charge in [0, 0.05) is 0 Å². The highest BCUT2D eigenvalue weighted by Gasteiger charge is 2.21. The number of ether oxygens (including phenoxy) is 2. The maximum absolute atomic E-state index is 12.2. The first-order valence-corrected chi connectivity index (χ1v) is 8.28. The average molecular weight is 320 g/mol. The maximum Gasteiger partial charge on any atom is 0.339 e. The highest BCUT2D eigenvalue weighted by Crippen LogP contribution is 2.17. The second-order valence-corrected chi connectivity index (χ2v) is 6.88. The lowest BCUT2D eigenvalue weighted by Crippen LogP contribution is -2.20. The molecule has 0 radical (unpaired) electrons. The van der Waals surface area contributed by atoms with Crippen LogP contribution in [-0.4, -0.2) is 25.2 Å². The number of hydrogen-bond acceptors (Lipinski definition) is 4. The predicted molar refractivity (Wildman–Crippen MR) is 90.6 cm³/mol. The second-order valence-electron chi connectivity index (χ2n) is 6.88. The Morgan fingerprint density at radius 2 is 1.48 bits per heavy atom. The molecule has 0 bridgehead atoms. The van der Waals surface area contributed by atoms with Crippen LogP contribution in [0, 0.1) is 5.41 Å². The van der Waals surface area contributed by atoms with E-state index in [1.165, 1.54) is 0 Å². The van der Waals surface area contributed by atoms with E-state index in [0.717, 1.165) is 25.7 Å². The van der Waals surface area contributed by atoms with Gasteiger partial charge in [-0.3, -0.25) is 0 Å². The fourth-order valence-electron chi connectivity index (χ4n) is 1.97. The Morgan fingerprint density at radius 1 is 0.913 bits per heavy atom. The number of unbranched alkanes of at least 4 members (excludes halogenated alkanes) is 3. The van der Waals surface area contributed by atoms with Crippen molar-refractivity contribution >= 4 is 11.9 Å². The van der Waals surface area contributed by atoms with Crippen LogP contribution in [0.4, 0.5) is 0 Å². The number of esters is 2. The summed E-state index contributed by atoms with van der Waals surface area (Å²) < 4.78 is 10.6. The lowest BCUT2D eigenvalue weighted by molar-refractivity contribution is 0.0352. The van der Waals surface area contributed by atoms with Crippen LogP contribution < -0.4 is 0 Å². The third kappa shape index (κ3) is 7.31. The second kappa shape index (κ2) is 9.33. The number of carbonyl (C=O) groups excluding carboxylic acids is 2. The number of benzene rings is 1. The van der Waals surface area contributed by atoms with Crippen molar-refractivity contribution in [1.82, 2.24) is 0 Å². The van der Waals surface area contributed by atoms with E-state index < -0.39 is 11.9 Å². The maximum atomic E-state index is 12.2. The Morgan fingerprint density at radius 3 is 2.00 bits per heavy atom. The molecule has 23 heavy (non-hydrogen) atoms. The largest absolute Gasteiger partial charge is 0.462 e. The quantitative estimate of drug-likeness (QED) is 0.518. The number of hydrogen-bond donors (Lipinski definition) is 0. The fourth-order valence-corrected chi connectivity index (χ4v) is 1.97. The summed E-state index contributed by atoms with van der Waals surface area (Å²) in [5.74, 6) is -0.955. The van der Waals surface area contributed by atoms with Gasteiger partial charge in [-0.15, -0.1) is 0 Å². The van der Waals surface area contributed by atoms with Gasteiger partial charge in [0.05, 0.1) is 24.3 Å². The van der Waals surface area contributed by atoms with Gasteiger partial charge >= 0.3 is 11.9 Å². The third-order valence-corrected chi connectivity index (χ3v) is 3.23. The minimum Gasteiger partial charge on any atom is -0.462 e. The Labute approximate surface area is 139 Å². The minimum absolute atomic E-state index is 0.121. The Balaban J connectivity index is 2.65. The van der Waals surface area contributed by atoms with E-state index in [9.17, 15) is 9.59 Å². The van der Waals surface area contributed by atoms with Crippen LogP contribution in [0.3, 0.4) is 0 Å². The van der Waals surface area contributed by atoms with E-state index in [0.29, 0.717) is 13.2 Å². The van der Waals surface area contributed by atoms with Gasteiger partial charge in [0.15, 0.2) is 0 Å². The topological polar surface area (TPSA) is 52.6 Å². The molecule has 0 aromatic heterocycles. The summed E-state index contributed by atoms with van der Waals surface area (Å²) in [6.07, 6.45) is 4.15. The van der Waals surface area contributed by atoms with Crippen LogP contribution in [0.5, 0.6) is 0 Å². The highest BCUT2D eigenvalue weighted by atomic mass is 16.5. The SMILES string of the molecule is CCCCCCOC(=O)c1ccccc1C(=O)OCC(C)(C)C. The van der Waals surface area contributed by atoms with Crippen LogP contribution in [0.15, 0.2) is 24.3 Å². The summed E-state index contributed by atoms with van der Waals surface area (Å²) in [6.45, 7) is 8.76. The molecule has 0 fully saturated rings. The molecule has 0 unspecified atom stereocenters. The van der Waals surface area contributed by atoms with Crippen molar-refractivity contribution in [2.45, 2.75) is 53.4 Å². The molecule has 0 spiro atoms. The van der Waals surface area contributed by atoms with Crippen molar-refractivity contribution < 1.29 is 19.1 Å². The summed E-state index contributed by atoms with van der Waals surface area (Å²) in [5.41, 5.74) is 0.405. The summed E-state index contributed by atoms with van der Waals surface area (Å²) >= 11 is 0. The minimum atomic E-state index is -0.488. The molecule has 4 heteroatoms. The molecule has 1 rings (SSSR count). The first-order valence-electron chi connectivity index (χ1n) is 8.28. The standard InChI is InChI=1S/C19H28O4/c1-5-6-7-10-13-22-17(20)15-11-8-9-12-16(15)18(21)23-14-19(2,3)4/h8-9,11-12H,5-7,10,13-14H2,1-4H3. The first-order chi connectivity index (χ1) is 10.8. The van der Waals surface area contributed by atoms with E-state index in [2.05, 4.69) is 6.92 Å². The third-order valence-electron chi connectivity index (χ3n) is 3.23. The van der Waals surface area contributed by atoms with Crippen molar-refractivity contribution in [2.75, 3.05) is 13.2 Å². The number of carbonyl (C=O) groups is 2. The Kier molecular flexibility index (Phi) is 7.79. The van der Waals surface area contributed by atoms with Crippen molar-refractivity contribution in [2.24, 2.45) is 5.41 Å². The molecule has 128 valence electrons. The molecular formula is C19H28O4. The smallest absolute Gasteiger partial charge is 0.339 e. The van der Waals surface area contributed by atoms with Gasteiger partial charge in [-0.2, -0.15) is 0 Å². The highest BCUT2D eigenvalue weighted by molar-refractivity contribution is 6.03. The molecule has 4 nitrogen and oxygen atoms in total. The summed E-state index contributed by atoms with van der Waals surface area (Å²) in [5, 5.41) is 0. The van der Waals surface area contributed by atoms with Gasteiger partial charge in [0.1, 0.15) is 0 Å². The van der Waals surface area contributed by atoms with Crippen molar-refractivity contribution in [1.29, 1.82) is 0 Å². The van der Waals surface area contributed by atoms with Crippen molar-refractivity contribution in [3.05, 3.63) is 35.4 Å². The molecular weight excluding hydrogens is 292 g/mol. The van der Waals surface area contributed by atoms with Gasteiger partial charge in [0.25, 0.3) is 0 Å². The normalized spacial score (nSPS) is 11.1. The van der Waals surface area contributed by atoms with Crippen LogP contribution in [0.1, 0.15) is 74.1 Å². The fraction of sp³-hybridized carbons (Fsp3) is 0.579. The Bertz CT molecular complexity index is 514. The first kappa shape index (κ1) is 19.2. The molecule has 0 aliphatic heterocycles. The van der Waals surface area contributed by atoms with Crippen LogP contribution >= 0.6 is 0 Å². The molecule has 0 saturated heterocycles. The lowest BCUT2D eigenvalue weighted by Gasteiger charge is -2.18. The molecule has 1 aromatic carbocycles. The molecule has 0 aliphatic rings. The van der Waals surface area contributed by atoms with Gasteiger partial charge in [-0.25, -0.2) is 9.59 Å². The van der Waals surface area contributed by atoms with E-state index in [4.69, 9.17) is 9.47 Å². The van der Waals surface area contributed by atoms with Gasteiger partial charge < -0.3 is 9.47 Å². The lowest BCUT2D eigenvalue weighted by atomic mass is 9.98. The van der Waals surface area contributed by atoms with Crippen LogP contribution in [0.25, 0.3) is 0 Å². The zero-order valence-electron chi connectivity index (χ0n) is 14.7. The molecule has 0 saturated carbocycles. The van der Waals surface area contributed by atoms with E-state index in [1.54, 1.807) is 24.3 Å². The van der Waals surface area contributed by atoms with Crippen molar-refractivity contribution in [3.63, 3.8) is 0 Å². The van der Waals surface area contributed by atoms with E-state index >= 15 is 0 Å². The van der Waals surface area contributed by atoms with Gasteiger partial charge in [-0.05, 0) is 24.0 Å². The predicted octanol–water partition coefficient (Wildman–Crippen LogP) is 4.63. The molecule has 1 aromatic rings. The zero-order valence-corrected chi connectivity index (χ0v) is 14.7. The van der Waals surface area contributed by atoms with Crippen LogP contribution in [-0.2, 0) is 9.47 Å². The Hall–Kier alpha value is -1.84. The molecule has 0 N–H and O–H groups in total. The average Bonchev–Trinajstić information content (AvgIpc) is 2.51. The summed E-state index contributed by atoms with van der Waals surface area (Å²) in [4.78, 5) is 24.4. The summed E-state index contributed by atoms with van der Waals surface area (Å²) in [6, 6.07) is 6.63. The monoisotopic (exact) mass is 320 g/mol. The van der Waals surface area contributed by atoms with Gasteiger partial charge in [-0.1, -0.05) is 59.1 Å². The molecule has 0 amide bonds. The molecule has 0 aliphatic carbocycles. The summed E-state index contributed by atoms with van der Waals surface area (Å²) in [7, 11) is 0. The van der Waals surface area contributed by atoms with Gasteiger partial charge in [0.2, 0.25) is 0 Å². The zero-order chi connectivity index (χ0) is 17.3.